The second kappa shape index (κ2) is 7.74. The summed E-state index contributed by atoms with van der Waals surface area (Å²) in [6, 6.07) is 5.71. The summed E-state index contributed by atoms with van der Waals surface area (Å²) in [5.74, 6) is -0.136. The van der Waals surface area contributed by atoms with Crippen LogP contribution in [-0.2, 0) is 0 Å². The van der Waals surface area contributed by atoms with Crippen molar-refractivity contribution >= 4 is 33.2 Å². The molecule has 0 atom stereocenters. The molecule has 2 aromatic rings. The molecule has 4 nitrogen and oxygen atoms in total. The van der Waals surface area contributed by atoms with Crippen molar-refractivity contribution < 1.29 is 14.6 Å². The molecule has 1 N–H and O–H groups in total. The van der Waals surface area contributed by atoms with Crippen LogP contribution in [0.4, 0.5) is 0 Å². The number of carbonyl (C=O) groups is 1. The van der Waals surface area contributed by atoms with E-state index in [1.807, 2.05) is 18.2 Å². The van der Waals surface area contributed by atoms with Crippen LogP contribution in [0.5, 0.6) is 5.75 Å². The lowest BCUT2D eigenvalue weighted by molar-refractivity contribution is 0.0701. The average Bonchev–Trinajstić information content (AvgIpc) is 2.87. The summed E-state index contributed by atoms with van der Waals surface area (Å²) in [4.78, 5) is 15.7. The Kier molecular flexibility index (Phi) is 5.97. The maximum absolute atomic E-state index is 11.1. The van der Waals surface area contributed by atoms with Crippen LogP contribution in [0.1, 0.15) is 41.6 Å². The summed E-state index contributed by atoms with van der Waals surface area (Å²) >= 11 is 4.69. The Morgan fingerprint density at radius 2 is 2.18 bits per heavy atom. The number of thiazole rings is 1. The highest BCUT2D eigenvalue weighted by Gasteiger charge is 2.15. The molecule has 0 unspecified atom stereocenters. The minimum absolute atomic E-state index is 0.283. The normalized spacial score (nSPS) is 10.7. The van der Waals surface area contributed by atoms with Crippen LogP contribution in [0.25, 0.3) is 10.6 Å². The van der Waals surface area contributed by atoms with Crippen molar-refractivity contribution in [3.63, 3.8) is 0 Å². The summed E-state index contributed by atoms with van der Waals surface area (Å²) in [6.45, 7) is 4.57. The minimum atomic E-state index is -0.934. The molecule has 22 heavy (non-hydrogen) atoms. The van der Waals surface area contributed by atoms with Crippen molar-refractivity contribution in [1.82, 2.24) is 4.98 Å². The topological polar surface area (TPSA) is 59.4 Å². The number of ether oxygens (including phenoxy) is 1. The minimum Gasteiger partial charge on any atom is -0.492 e. The molecule has 1 aromatic heterocycles. The van der Waals surface area contributed by atoms with E-state index in [4.69, 9.17) is 9.84 Å². The van der Waals surface area contributed by atoms with Crippen LogP contribution in [0.15, 0.2) is 22.7 Å². The molecule has 6 heteroatoms. The number of rotatable bonds is 7. The first-order chi connectivity index (χ1) is 10.5. The molecule has 2 rings (SSSR count). The van der Waals surface area contributed by atoms with Crippen LogP contribution < -0.4 is 4.74 Å². The number of unbranched alkanes of at least 4 members (excludes halogenated alkanes) is 2. The zero-order chi connectivity index (χ0) is 16.1. The van der Waals surface area contributed by atoms with E-state index in [0.717, 1.165) is 28.6 Å². The monoisotopic (exact) mass is 383 g/mol. The fraction of sp³-hybridized carbons (Fsp3) is 0.375. The number of aromatic carboxylic acids is 1. The van der Waals surface area contributed by atoms with Crippen LogP contribution in [-0.4, -0.2) is 22.7 Å². The SMILES string of the molecule is CCCCCOc1ccc(-c2nc(C)c(C(=O)O)s2)cc1Br. The molecule has 1 heterocycles. The Hall–Kier alpha value is -1.40. The van der Waals surface area contributed by atoms with Gasteiger partial charge in [-0.25, -0.2) is 9.78 Å². The van der Waals surface area contributed by atoms with E-state index in [9.17, 15) is 4.79 Å². The molecule has 1 aromatic carbocycles. The van der Waals surface area contributed by atoms with Gasteiger partial charge in [0.25, 0.3) is 0 Å². The van der Waals surface area contributed by atoms with Crippen molar-refractivity contribution in [3.05, 3.63) is 33.2 Å². The second-order valence-corrected chi connectivity index (χ2v) is 6.79. The number of aryl methyl sites for hydroxylation is 1. The molecule has 0 bridgehead atoms. The fourth-order valence-corrected chi connectivity index (χ4v) is 3.40. The van der Waals surface area contributed by atoms with E-state index in [1.54, 1.807) is 6.92 Å². The summed E-state index contributed by atoms with van der Waals surface area (Å²) in [6.07, 6.45) is 3.36. The summed E-state index contributed by atoms with van der Waals surface area (Å²) in [5, 5.41) is 9.81. The van der Waals surface area contributed by atoms with Gasteiger partial charge in [-0.3, -0.25) is 0 Å². The smallest absolute Gasteiger partial charge is 0.347 e. The summed E-state index contributed by atoms with van der Waals surface area (Å²) in [7, 11) is 0. The van der Waals surface area contributed by atoms with Crippen molar-refractivity contribution in [2.24, 2.45) is 0 Å². The predicted octanol–water partition coefficient (Wildman–Crippen LogP) is 5.15. The number of halogens is 1. The van der Waals surface area contributed by atoms with Gasteiger partial charge in [0.15, 0.2) is 0 Å². The van der Waals surface area contributed by atoms with Crippen molar-refractivity contribution in [2.45, 2.75) is 33.1 Å². The van der Waals surface area contributed by atoms with Crippen LogP contribution >= 0.6 is 27.3 Å². The Balaban J connectivity index is 2.15. The largest absolute Gasteiger partial charge is 0.492 e. The number of nitrogens with zero attached hydrogens (tertiary/aromatic N) is 1. The third-order valence-corrected chi connectivity index (χ3v) is 4.99. The first kappa shape index (κ1) is 17.0. The zero-order valence-corrected chi connectivity index (χ0v) is 15.0. The highest BCUT2D eigenvalue weighted by Crippen LogP contribution is 2.33. The third-order valence-electron chi connectivity index (χ3n) is 3.18. The number of hydrogen-bond donors (Lipinski definition) is 1. The van der Waals surface area contributed by atoms with E-state index >= 15 is 0 Å². The number of benzene rings is 1. The van der Waals surface area contributed by atoms with E-state index in [0.29, 0.717) is 17.3 Å². The highest BCUT2D eigenvalue weighted by molar-refractivity contribution is 9.10. The van der Waals surface area contributed by atoms with Crippen molar-refractivity contribution in [2.75, 3.05) is 6.61 Å². The Morgan fingerprint density at radius 1 is 1.41 bits per heavy atom. The number of carboxylic acids is 1. The van der Waals surface area contributed by atoms with Gasteiger partial charge < -0.3 is 9.84 Å². The third kappa shape index (κ3) is 4.08. The van der Waals surface area contributed by atoms with Gasteiger partial charge in [0.2, 0.25) is 0 Å². The van der Waals surface area contributed by atoms with E-state index < -0.39 is 5.97 Å². The fourth-order valence-electron chi connectivity index (χ4n) is 2.00. The van der Waals surface area contributed by atoms with Gasteiger partial charge in [-0.15, -0.1) is 11.3 Å². The molecule has 0 fully saturated rings. The highest BCUT2D eigenvalue weighted by atomic mass is 79.9. The van der Waals surface area contributed by atoms with Crippen LogP contribution in [0.3, 0.4) is 0 Å². The van der Waals surface area contributed by atoms with Crippen molar-refractivity contribution in [1.29, 1.82) is 0 Å². The lowest BCUT2D eigenvalue weighted by atomic mass is 10.2. The first-order valence-corrected chi connectivity index (χ1v) is 8.77. The summed E-state index contributed by atoms with van der Waals surface area (Å²) < 4.78 is 6.59. The zero-order valence-electron chi connectivity index (χ0n) is 12.6. The Labute approximate surface area is 142 Å². The average molecular weight is 384 g/mol. The quantitative estimate of drug-likeness (QED) is 0.671. The Morgan fingerprint density at radius 3 is 2.77 bits per heavy atom. The predicted molar refractivity (Wildman–Crippen MR) is 92.0 cm³/mol. The maximum Gasteiger partial charge on any atom is 0.347 e. The van der Waals surface area contributed by atoms with Crippen LogP contribution in [0.2, 0.25) is 0 Å². The van der Waals surface area contributed by atoms with E-state index in [1.165, 1.54) is 17.8 Å². The lowest BCUT2D eigenvalue weighted by Crippen LogP contribution is -1.97. The molecule has 118 valence electrons. The standard InChI is InChI=1S/C16H18BrNO3S/c1-3-4-5-8-21-13-7-6-11(9-12(13)17)15-18-10(2)14(22-15)16(19)20/h6-7,9H,3-5,8H2,1-2H3,(H,19,20). The molecule has 0 saturated carbocycles. The van der Waals surface area contributed by atoms with Gasteiger partial charge in [0.05, 0.1) is 16.8 Å². The summed E-state index contributed by atoms with van der Waals surface area (Å²) in [5.41, 5.74) is 1.43. The molecule has 0 aliphatic carbocycles. The first-order valence-electron chi connectivity index (χ1n) is 7.16. The maximum atomic E-state index is 11.1. The number of hydrogen-bond acceptors (Lipinski definition) is 4. The van der Waals surface area contributed by atoms with Crippen LogP contribution in [0, 0.1) is 6.92 Å². The Bertz CT molecular complexity index is 669. The van der Waals surface area contributed by atoms with Gasteiger partial charge in [0, 0.05) is 5.56 Å². The van der Waals surface area contributed by atoms with Gasteiger partial charge in [0.1, 0.15) is 15.6 Å². The number of carboxylic acid groups (broad SMARTS) is 1. The lowest BCUT2D eigenvalue weighted by Gasteiger charge is -2.08. The van der Waals surface area contributed by atoms with E-state index in [-0.39, 0.29) is 4.88 Å². The molecule has 0 amide bonds. The molecule has 0 spiro atoms. The molecule has 0 saturated heterocycles. The van der Waals surface area contributed by atoms with Gasteiger partial charge >= 0.3 is 5.97 Å². The molecule has 0 aliphatic rings. The van der Waals surface area contributed by atoms with Gasteiger partial charge in [-0.1, -0.05) is 19.8 Å². The van der Waals surface area contributed by atoms with Gasteiger partial charge in [-0.05, 0) is 47.5 Å². The second-order valence-electron chi connectivity index (χ2n) is 4.94. The van der Waals surface area contributed by atoms with Crippen molar-refractivity contribution in [3.8, 4) is 16.3 Å². The van der Waals surface area contributed by atoms with Gasteiger partial charge in [-0.2, -0.15) is 0 Å². The molecular weight excluding hydrogens is 366 g/mol. The molecular formula is C16H18BrNO3S. The number of aromatic nitrogens is 1. The van der Waals surface area contributed by atoms with E-state index in [2.05, 4.69) is 27.8 Å². The molecule has 0 aliphatic heterocycles. The molecule has 0 radical (unpaired) electrons.